The van der Waals surface area contributed by atoms with Crippen LogP contribution >= 0.6 is 0 Å². The third-order valence-electron chi connectivity index (χ3n) is 4.68. The number of hydrogen-bond donors (Lipinski definition) is 2. The number of amides is 1. The van der Waals surface area contributed by atoms with E-state index in [1.165, 1.54) is 7.05 Å². The van der Waals surface area contributed by atoms with Crippen molar-refractivity contribution in [3.8, 4) is 0 Å². The molecule has 1 heterocycles. The second-order valence-corrected chi connectivity index (χ2v) is 8.85. The number of benzene rings is 2. The van der Waals surface area contributed by atoms with Gasteiger partial charge in [-0.2, -0.15) is 4.31 Å². The van der Waals surface area contributed by atoms with Gasteiger partial charge in [-0.1, -0.05) is 18.2 Å². The van der Waals surface area contributed by atoms with Crippen molar-refractivity contribution in [2.75, 3.05) is 20.1 Å². The van der Waals surface area contributed by atoms with Crippen molar-refractivity contribution >= 4 is 27.0 Å². The fourth-order valence-corrected chi connectivity index (χ4v) is 4.05. The van der Waals surface area contributed by atoms with Gasteiger partial charge in [0.05, 0.1) is 22.5 Å². The van der Waals surface area contributed by atoms with Gasteiger partial charge < -0.3 is 10.3 Å². The van der Waals surface area contributed by atoms with Gasteiger partial charge in [0.15, 0.2) is 0 Å². The lowest BCUT2D eigenvalue weighted by Gasteiger charge is -2.17. The molecule has 0 aliphatic carbocycles. The number of likely N-dealkylation sites (N-methyl/N-ethyl adjacent to an activating group) is 1. The number of carbonyl (C=O) groups is 1. The SMILES string of the molecule is Cc1ccc(S(=O)(=O)N(C)CC(=O)NCCc2nc3ccccc3[nH]2)cc1C. The van der Waals surface area contributed by atoms with Gasteiger partial charge in [0.1, 0.15) is 5.82 Å². The van der Waals surface area contributed by atoms with E-state index in [9.17, 15) is 13.2 Å². The fraction of sp³-hybridized carbons (Fsp3) is 0.300. The first-order valence-electron chi connectivity index (χ1n) is 9.01. The number of rotatable bonds is 7. The smallest absolute Gasteiger partial charge is 0.243 e. The first-order valence-corrected chi connectivity index (χ1v) is 10.5. The van der Waals surface area contributed by atoms with Crippen molar-refractivity contribution in [3.05, 3.63) is 59.4 Å². The Morgan fingerprint density at radius 1 is 1.14 bits per heavy atom. The maximum Gasteiger partial charge on any atom is 0.243 e. The zero-order chi connectivity index (χ0) is 20.3. The topological polar surface area (TPSA) is 95.2 Å². The van der Waals surface area contributed by atoms with Crippen LogP contribution in [-0.2, 0) is 21.2 Å². The second kappa shape index (κ2) is 8.12. The molecular weight excluding hydrogens is 376 g/mol. The van der Waals surface area contributed by atoms with Crippen LogP contribution in [0.3, 0.4) is 0 Å². The van der Waals surface area contributed by atoms with E-state index in [2.05, 4.69) is 15.3 Å². The van der Waals surface area contributed by atoms with Gasteiger partial charge in [-0.25, -0.2) is 13.4 Å². The number of hydrogen-bond acceptors (Lipinski definition) is 4. The first kappa shape index (κ1) is 20.0. The molecule has 1 amide bonds. The third-order valence-corrected chi connectivity index (χ3v) is 6.47. The van der Waals surface area contributed by atoms with Crippen LogP contribution in [-0.4, -0.2) is 48.7 Å². The predicted octanol–water partition coefficient (Wildman–Crippen LogP) is 2.16. The van der Waals surface area contributed by atoms with E-state index in [0.29, 0.717) is 13.0 Å². The van der Waals surface area contributed by atoms with Crippen molar-refractivity contribution < 1.29 is 13.2 Å². The molecule has 2 aromatic carbocycles. The zero-order valence-corrected chi connectivity index (χ0v) is 17.0. The van der Waals surface area contributed by atoms with E-state index < -0.39 is 10.0 Å². The molecule has 0 fully saturated rings. The van der Waals surface area contributed by atoms with Gasteiger partial charge in [-0.05, 0) is 49.2 Å². The lowest BCUT2D eigenvalue weighted by atomic mass is 10.1. The molecule has 0 saturated carbocycles. The number of nitrogens with one attached hydrogen (secondary N) is 2. The maximum absolute atomic E-state index is 12.7. The van der Waals surface area contributed by atoms with Crippen LogP contribution in [0.4, 0.5) is 0 Å². The summed E-state index contributed by atoms with van der Waals surface area (Å²) in [4.78, 5) is 20.0. The summed E-state index contributed by atoms with van der Waals surface area (Å²) in [6.45, 7) is 3.91. The van der Waals surface area contributed by atoms with Crippen LogP contribution in [0.25, 0.3) is 11.0 Å². The first-order chi connectivity index (χ1) is 13.3. The summed E-state index contributed by atoms with van der Waals surface area (Å²) in [6.07, 6.45) is 0.536. The molecule has 0 spiro atoms. The minimum absolute atomic E-state index is 0.188. The monoisotopic (exact) mass is 400 g/mol. The number of carbonyl (C=O) groups excluding carboxylic acids is 1. The molecule has 3 aromatic rings. The van der Waals surface area contributed by atoms with Gasteiger partial charge in [0.25, 0.3) is 0 Å². The van der Waals surface area contributed by atoms with Crippen LogP contribution < -0.4 is 5.32 Å². The summed E-state index contributed by atoms with van der Waals surface area (Å²) in [5.41, 5.74) is 3.74. The summed E-state index contributed by atoms with van der Waals surface area (Å²) in [5, 5.41) is 2.75. The number of aromatic amines is 1. The van der Waals surface area contributed by atoms with E-state index in [1.54, 1.807) is 18.2 Å². The number of para-hydroxylation sites is 2. The standard InChI is InChI=1S/C20H24N4O3S/c1-14-8-9-16(12-15(14)2)28(26,27)24(3)13-20(25)21-11-10-19-22-17-6-4-5-7-18(17)23-19/h4-9,12H,10-11,13H2,1-3H3,(H,21,25)(H,22,23). The highest BCUT2D eigenvalue weighted by Crippen LogP contribution is 2.18. The number of aromatic nitrogens is 2. The van der Waals surface area contributed by atoms with E-state index >= 15 is 0 Å². The molecule has 1 aromatic heterocycles. The number of imidazole rings is 1. The van der Waals surface area contributed by atoms with Gasteiger partial charge in [0.2, 0.25) is 15.9 Å². The molecule has 2 N–H and O–H groups in total. The highest BCUT2D eigenvalue weighted by Gasteiger charge is 2.23. The largest absolute Gasteiger partial charge is 0.355 e. The quantitative estimate of drug-likeness (QED) is 0.635. The molecule has 28 heavy (non-hydrogen) atoms. The summed E-state index contributed by atoms with van der Waals surface area (Å²) in [7, 11) is -2.31. The Bertz CT molecular complexity index is 1070. The Hall–Kier alpha value is -2.71. The maximum atomic E-state index is 12.7. The van der Waals surface area contributed by atoms with E-state index in [1.807, 2.05) is 38.1 Å². The molecule has 0 aliphatic rings. The van der Waals surface area contributed by atoms with Crippen LogP contribution in [0, 0.1) is 13.8 Å². The fourth-order valence-electron chi connectivity index (χ4n) is 2.84. The van der Waals surface area contributed by atoms with Gasteiger partial charge in [-0.15, -0.1) is 0 Å². The van der Waals surface area contributed by atoms with E-state index in [0.717, 1.165) is 32.3 Å². The Labute approximate surface area is 164 Å². The Balaban J connectivity index is 1.55. The van der Waals surface area contributed by atoms with Crippen molar-refractivity contribution in [1.82, 2.24) is 19.6 Å². The van der Waals surface area contributed by atoms with Crippen molar-refractivity contribution in [1.29, 1.82) is 0 Å². The molecule has 7 nitrogen and oxygen atoms in total. The van der Waals surface area contributed by atoms with Crippen molar-refractivity contribution in [2.45, 2.75) is 25.2 Å². The summed E-state index contributed by atoms with van der Waals surface area (Å²) in [5.74, 6) is 0.420. The van der Waals surface area contributed by atoms with Crippen LogP contribution in [0.15, 0.2) is 47.4 Å². The highest BCUT2D eigenvalue weighted by molar-refractivity contribution is 7.89. The average molecular weight is 401 g/mol. The number of sulfonamides is 1. The lowest BCUT2D eigenvalue weighted by molar-refractivity contribution is -0.121. The third kappa shape index (κ3) is 4.40. The second-order valence-electron chi connectivity index (χ2n) is 6.81. The number of nitrogens with zero attached hydrogens (tertiary/aromatic N) is 2. The molecule has 3 rings (SSSR count). The summed E-state index contributed by atoms with van der Waals surface area (Å²) < 4.78 is 26.4. The van der Waals surface area contributed by atoms with Gasteiger partial charge >= 0.3 is 0 Å². The molecule has 0 aliphatic heterocycles. The molecule has 0 atom stereocenters. The summed E-state index contributed by atoms with van der Waals surface area (Å²) >= 11 is 0. The number of fused-ring (bicyclic) bond motifs is 1. The minimum Gasteiger partial charge on any atom is -0.355 e. The van der Waals surface area contributed by atoms with Crippen LogP contribution in [0.2, 0.25) is 0 Å². The number of aryl methyl sites for hydroxylation is 2. The van der Waals surface area contributed by atoms with Crippen LogP contribution in [0.5, 0.6) is 0 Å². The minimum atomic E-state index is -3.71. The molecule has 0 bridgehead atoms. The van der Waals surface area contributed by atoms with Gasteiger partial charge in [-0.3, -0.25) is 4.79 Å². The Morgan fingerprint density at radius 3 is 2.61 bits per heavy atom. The molecule has 0 saturated heterocycles. The molecule has 8 heteroatoms. The molecular formula is C20H24N4O3S. The van der Waals surface area contributed by atoms with Crippen molar-refractivity contribution in [2.24, 2.45) is 0 Å². The predicted molar refractivity (Wildman–Crippen MR) is 109 cm³/mol. The van der Waals surface area contributed by atoms with E-state index in [4.69, 9.17) is 0 Å². The molecule has 0 unspecified atom stereocenters. The Kier molecular flexibility index (Phi) is 5.81. The molecule has 0 radical (unpaired) electrons. The number of H-pyrrole nitrogens is 1. The molecule has 148 valence electrons. The Morgan fingerprint density at radius 2 is 1.89 bits per heavy atom. The van der Waals surface area contributed by atoms with Gasteiger partial charge in [0, 0.05) is 20.0 Å². The average Bonchev–Trinajstić information content (AvgIpc) is 3.06. The summed E-state index contributed by atoms with van der Waals surface area (Å²) in [6, 6.07) is 12.7. The highest BCUT2D eigenvalue weighted by atomic mass is 32.2. The van der Waals surface area contributed by atoms with E-state index in [-0.39, 0.29) is 17.3 Å². The zero-order valence-electron chi connectivity index (χ0n) is 16.2. The normalized spacial score (nSPS) is 11.9. The van der Waals surface area contributed by atoms with Crippen LogP contribution in [0.1, 0.15) is 17.0 Å². The van der Waals surface area contributed by atoms with Crippen molar-refractivity contribution in [3.63, 3.8) is 0 Å². The lowest BCUT2D eigenvalue weighted by Crippen LogP contribution is -2.39.